The molecule has 0 radical (unpaired) electrons. The molecule has 1 saturated heterocycles. The topological polar surface area (TPSA) is 171 Å². The van der Waals surface area contributed by atoms with Gasteiger partial charge in [0, 0.05) is 18.6 Å². The second-order valence-corrected chi connectivity index (χ2v) is 13.5. The van der Waals surface area contributed by atoms with E-state index in [9.17, 15) is 29.4 Å². The van der Waals surface area contributed by atoms with Gasteiger partial charge >= 0.3 is 5.97 Å². The molecule has 1 fully saturated rings. The van der Waals surface area contributed by atoms with Gasteiger partial charge < -0.3 is 31.9 Å². The zero-order valence-electron chi connectivity index (χ0n) is 21.6. The Morgan fingerprint density at radius 3 is 2.44 bits per heavy atom. The summed E-state index contributed by atoms with van der Waals surface area (Å²) in [4.78, 5) is 52.3. The van der Waals surface area contributed by atoms with Crippen molar-refractivity contribution in [2.24, 2.45) is 5.73 Å². The number of hydrogen-bond acceptors (Lipinski definition) is 8. The molecule has 0 aromatic heterocycles. The third-order valence-corrected chi connectivity index (χ3v) is 10.2. The normalized spacial score (nSPS) is 26.9. The number of carboxylic acids is 1. The Labute approximate surface area is 234 Å². The molecule has 2 aromatic carbocycles. The number of phenols is 1. The van der Waals surface area contributed by atoms with Crippen LogP contribution in [-0.4, -0.2) is 68.1 Å². The zero-order chi connectivity index (χ0) is 28.4. The Morgan fingerprint density at radius 1 is 1.05 bits per heavy atom. The van der Waals surface area contributed by atoms with Crippen molar-refractivity contribution in [3.05, 3.63) is 65.2 Å². The van der Waals surface area contributed by atoms with Crippen LogP contribution >= 0.6 is 21.6 Å². The van der Waals surface area contributed by atoms with Crippen molar-refractivity contribution < 1.29 is 29.4 Å². The van der Waals surface area contributed by atoms with E-state index in [0.717, 1.165) is 16.7 Å². The van der Waals surface area contributed by atoms with E-state index in [1.807, 2.05) is 18.2 Å². The lowest BCUT2D eigenvalue weighted by Crippen LogP contribution is -2.62. The smallest absolute Gasteiger partial charge is 0.327 e. The molecule has 1 aliphatic heterocycles. The predicted octanol–water partition coefficient (Wildman–Crippen LogP) is 1.14. The number of aliphatic carboxylic acids is 1. The number of phenolic OH excluding ortho intramolecular Hbond substituents is 1. The van der Waals surface area contributed by atoms with Crippen LogP contribution in [0.15, 0.2) is 48.5 Å². The van der Waals surface area contributed by atoms with Crippen molar-refractivity contribution >= 4 is 45.3 Å². The number of aromatic hydroxyl groups is 1. The molecule has 7 N–H and O–H groups in total. The van der Waals surface area contributed by atoms with E-state index in [1.165, 1.54) is 27.7 Å². The quantitative estimate of drug-likeness (QED) is 0.288. The second kappa shape index (κ2) is 11.5. The number of rotatable bonds is 5. The molecular weight excluding hydrogens is 540 g/mol. The van der Waals surface area contributed by atoms with Crippen LogP contribution in [-0.2, 0) is 38.4 Å². The van der Waals surface area contributed by atoms with Crippen LogP contribution in [0, 0.1) is 0 Å². The second-order valence-electron chi connectivity index (χ2n) is 10.5. The van der Waals surface area contributed by atoms with Crippen LogP contribution in [0.4, 0.5) is 0 Å². The Bertz CT molecular complexity index is 1270. The standard InChI is InChI=1S/C27H32N4O6S2/c1-26(2)21(24(35)36)31-22(33)19(10-15-6-4-3-5-7-15)29-23(34)20(14-38-39-26)30-25(37)27(28)12-16-8-9-18(32)11-17(16)13-27/h3-9,11,19-21,32H,10,12-14,28H2,1-2H3,(H,29,34)(H,30,37)(H,31,33)(H,35,36)/t19-,20+,21-,27-/m0/s1. The lowest BCUT2D eigenvalue weighted by molar-refractivity contribution is -0.143. The average molecular weight is 573 g/mol. The van der Waals surface area contributed by atoms with Gasteiger partial charge in [-0.2, -0.15) is 0 Å². The van der Waals surface area contributed by atoms with Gasteiger partial charge in [0.1, 0.15) is 29.4 Å². The molecule has 0 saturated carbocycles. The van der Waals surface area contributed by atoms with Gasteiger partial charge in [-0.3, -0.25) is 14.4 Å². The number of benzene rings is 2. The number of carboxylic acid groups (broad SMARTS) is 1. The van der Waals surface area contributed by atoms with Crippen molar-refractivity contribution in [3.8, 4) is 5.75 Å². The molecule has 2 aromatic rings. The molecule has 0 bridgehead atoms. The summed E-state index contributed by atoms with van der Waals surface area (Å²) in [5.74, 6) is -2.71. The van der Waals surface area contributed by atoms with E-state index < -0.39 is 52.1 Å². The minimum atomic E-state index is -1.31. The number of carbonyl (C=O) groups is 4. The van der Waals surface area contributed by atoms with Crippen molar-refractivity contribution in [1.29, 1.82) is 0 Å². The number of amides is 3. The maximum absolute atomic E-state index is 13.5. The maximum atomic E-state index is 13.5. The summed E-state index contributed by atoms with van der Waals surface area (Å²) in [5, 5.41) is 27.8. The fraction of sp³-hybridized carbons (Fsp3) is 0.407. The molecule has 0 spiro atoms. The first-order valence-electron chi connectivity index (χ1n) is 12.5. The molecule has 1 aliphatic carbocycles. The molecule has 10 nitrogen and oxygen atoms in total. The fourth-order valence-corrected chi connectivity index (χ4v) is 7.56. The average Bonchev–Trinajstić information content (AvgIpc) is 3.21. The molecule has 3 amide bonds. The number of hydrogen-bond donors (Lipinski definition) is 6. The van der Waals surface area contributed by atoms with Crippen LogP contribution in [0.5, 0.6) is 5.75 Å². The van der Waals surface area contributed by atoms with Crippen LogP contribution in [0.25, 0.3) is 0 Å². The number of carbonyl (C=O) groups excluding carboxylic acids is 3. The molecule has 39 heavy (non-hydrogen) atoms. The largest absolute Gasteiger partial charge is 0.508 e. The van der Waals surface area contributed by atoms with Gasteiger partial charge in [-0.25, -0.2) is 4.79 Å². The van der Waals surface area contributed by atoms with Gasteiger partial charge in [0.25, 0.3) is 0 Å². The summed E-state index contributed by atoms with van der Waals surface area (Å²) in [6.07, 6.45) is 0.577. The third-order valence-electron chi connectivity index (χ3n) is 6.93. The monoisotopic (exact) mass is 572 g/mol. The zero-order valence-corrected chi connectivity index (χ0v) is 23.2. The molecule has 2 aliphatic rings. The van der Waals surface area contributed by atoms with Crippen LogP contribution in [0.2, 0.25) is 0 Å². The SMILES string of the molecule is CC1(C)SSC[C@@H](NC(=O)[C@]2(N)Cc3ccc(O)cc3C2)C(=O)N[C@@H](Cc2ccccc2)C(=O)N[C@H]1C(=O)O. The molecule has 1 heterocycles. The summed E-state index contributed by atoms with van der Waals surface area (Å²) < 4.78 is -0.935. The molecule has 0 unspecified atom stereocenters. The van der Waals surface area contributed by atoms with Gasteiger partial charge in [0.05, 0.1) is 4.75 Å². The fourth-order valence-electron chi connectivity index (χ4n) is 4.75. The van der Waals surface area contributed by atoms with Gasteiger partial charge in [-0.15, -0.1) is 0 Å². The van der Waals surface area contributed by atoms with Crippen molar-refractivity contribution in [2.45, 2.75) is 61.5 Å². The van der Waals surface area contributed by atoms with Crippen molar-refractivity contribution in [3.63, 3.8) is 0 Å². The van der Waals surface area contributed by atoms with Gasteiger partial charge in [0.2, 0.25) is 17.7 Å². The lowest BCUT2D eigenvalue weighted by Gasteiger charge is -2.31. The first-order chi connectivity index (χ1) is 18.4. The summed E-state index contributed by atoms with van der Waals surface area (Å²) in [6, 6.07) is 10.6. The van der Waals surface area contributed by atoms with E-state index in [1.54, 1.807) is 38.1 Å². The van der Waals surface area contributed by atoms with E-state index >= 15 is 0 Å². The highest BCUT2D eigenvalue weighted by molar-refractivity contribution is 8.77. The summed E-state index contributed by atoms with van der Waals surface area (Å²) in [6.45, 7) is 3.41. The van der Waals surface area contributed by atoms with Crippen LogP contribution in [0.3, 0.4) is 0 Å². The number of fused-ring (bicyclic) bond motifs is 1. The highest BCUT2D eigenvalue weighted by Crippen LogP contribution is 2.39. The lowest BCUT2D eigenvalue weighted by atomic mass is 9.95. The Hall–Kier alpha value is -3.22. The van der Waals surface area contributed by atoms with E-state index in [4.69, 9.17) is 5.73 Å². The van der Waals surface area contributed by atoms with Gasteiger partial charge in [0.15, 0.2) is 0 Å². The Kier molecular flexibility index (Phi) is 8.48. The molecular formula is C27H32N4O6S2. The minimum absolute atomic E-state index is 0.0830. The Morgan fingerprint density at radius 2 is 1.74 bits per heavy atom. The first kappa shape index (κ1) is 28.8. The summed E-state index contributed by atoms with van der Waals surface area (Å²) in [5.41, 5.74) is 7.58. The molecule has 4 atom stereocenters. The van der Waals surface area contributed by atoms with Crippen molar-refractivity contribution in [2.75, 3.05) is 5.75 Å². The molecule has 4 rings (SSSR count). The minimum Gasteiger partial charge on any atom is -0.508 e. The number of nitrogens with one attached hydrogen (secondary N) is 3. The third kappa shape index (κ3) is 6.68. The summed E-state index contributed by atoms with van der Waals surface area (Å²) in [7, 11) is 2.45. The molecule has 12 heteroatoms. The van der Waals surface area contributed by atoms with E-state index in [2.05, 4.69) is 16.0 Å². The predicted molar refractivity (Wildman–Crippen MR) is 150 cm³/mol. The van der Waals surface area contributed by atoms with E-state index in [0.29, 0.717) is 0 Å². The van der Waals surface area contributed by atoms with Crippen molar-refractivity contribution in [1.82, 2.24) is 16.0 Å². The van der Waals surface area contributed by atoms with E-state index in [-0.39, 0.29) is 30.8 Å². The first-order valence-corrected chi connectivity index (χ1v) is 14.8. The highest BCUT2D eigenvalue weighted by Gasteiger charge is 2.44. The Balaban J connectivity index is 1.58. The van der Waals surface area contributed by atoms with Gasteiger partial charge in [-0.1, -0.05) is 58.0 Å². The molecule has 208 valence electrons. The maximum Gasteiger partial charge on any atom is 0.327 e. The summed E-state index contributed by atoms with van der Waals surface area (Å²) >= 11 is 0. The number of nitrogens with two attached hydrogens (primary N) is 1. The highest BCUT2D eigenvalue weighted by atomic mass is 33.1. The van der Waals surface area contributed by atoms with Gasteiger partial charge in [-0.05, 0) is 49.1 Å². The van der Waals surface area contributed by atoms with Crippen LogP contribution in [0.1, 0.15) is 30.5 Å². The van der Waals surface area contributed by atoms with Crippen LogP contribution < -0.4 is 21.7 Å².